The zero-order chi connectivity index (χ0) is 5.15. The third-order valence-electron chi connectivity index (χ3n) is 0.168. The van der Waals surface area contributed by atoms with Gasteiger partial charge in [0, 0.05) is 0 Å². The number of rotatable bonds is 1. The maximum atomic E-state index is 9.31. The predicted molar refractivity (Wildman–Crippen MR) is 25.7 cm³/mol. The SMILES string of the molecule is Cl.O=C(O)C(=O)Cl. The van der Waals surface area contributed by atoms with Crippen LogP contribution in [0.4, 0.5) is 0 Å². The van der Waals surface area contributed by atoms with E-state index in [1.165, 1.54) is 0 Å². The number of hydrogen-bond acceptors (Lipinski definition) is 2. The topological polar surface area (TPSA) is 54.4 Å². The number of carboxylic acid groups (broad SMARTS) is 1. The number of carbonyl (C=O) groups excluding carboxylic acids is 1. The Labute approximate surface area is 50.7 Å². The van der Waals surface area contributed by atoms with Gasteiger partial charge in [-0.2, -0.15) is 0 Å². The highest BCUT2D eigenvalue weighted by Gasteiger charge is 2.02. The maximum Gasteiger partial charge on any atom is 0.388 e. The Hall–Kier alpha value is -0.280. The van der Waals surface area contributed by atoms with Gasteiger partial charge >= 0.3 is 11.2 Å². The summed E-state index contributed by atoms with van der Waals surface area (Å²) < 4.78 is 0. The molecule has 3 nitrogen and oxygen atoms in total. The molecule has 1 N–H and O–H groups in total. The number of halogens is 2. The quantitative estimate of drug-likeness (QED) is 0.425. The zero-order valence-electron chi connectivity index (χ0n) is 3.05. The second-order valence-electron chi connectivity index (χ2n) is 0.579. The third kappa shape index (κ3) is 5.72. The van der Waals surface area contributed by atoms with Crippen LogP contribution in [0.1, 0.15) is 0 Å². The fourth-order valence-corrected chi connectivity index (χ4v) is 0. The molecule has 0 aliphatic rings. The van der Waals surface area contributed by atoms with Crippen molar-refractivity contribution in [3.8, 4) is 0 Å². The van der Waals surface area contributed by atoms with Gasteiger partial charge in [-0.25, -0.2) is 4.79 Å². The zero-order valence-corrected chi connectivity index (χ0v) is 4.62. The average Bonchev–Trinajstić information content (AvgIpc) is 1.36. The van der Waals surface area contributed by atoms with Crippen LogP contribution in [0, 0.1) is 0 Å². The first-order chi connectivity index (χ1) is 2.64. The normalized spacial score (nSPS) is 6.43. The molecule has 0 saturated carbocycles. The Bertz CT molecular complexity index is 76.9. The summed E-state index contributed by atoms with van der Waals surface area (Å²) in [6.45, 7) is 0. The minimum atomic E-state index is -1.61. The van der Waals surface area contributed by atoms with Crippen LogP contribution in [0.3, 0.4) is 0 Å². The highest BCUT2D eigenvalue weighted by atomic mass is 35.5. The van der Waals surface area contributed by atoms with E-state index in [0.29, 0.717) is 0 Å². The summed E-state index contributed by atoms with van der Waals surface area (Å²) in [7, 11) is 0. The molecule has 0 aromatic carbocycles. The van der Waals surface area contributed by atoms with E-state index in [0.717, 1.165) is 0 Å². The van der Waals surface area contributed by atoms with Crippen molar-refractivity contribution < 1.29 is 14.7 Å². The van der Waals surface area contributed by atoms with Gasteiger partial charge in [-0.05, 0) is 11.6 Å². The van der Waals surface area contributed by atoms with Gasteiger partial charge in [0.25, 0.3) is 0 Å². The van der Waals surface area contributed by atoms with E-state index in [1.54, 1.807) is 0 Å². The Kier molecular flexibility index (Phi) is 5.49. The summed E-state index contributed by atoms with van der Waals surface area (Å²) in [6.07, 6.45) is 0. The van der Waals surface area contributed by atoms with Crippen molar-refractivity contribution in [3.05, 3.63) is 0 Å². The molecule has 0 aromatic rings. The van der Waals surface area contributed by atoms with Crippen molar-refractivity contribution in [1.82, 2.24) is 0 Å². The largest absolute Gasteiger partial charge is 0.475 e. The number of carboxylic acids is 1. The van der Waals surface area contributed by atoms with Crippen LogP contribution >= 0.6 is 24.0 Å². The number of aliphatic carboxylic acids is 1. The Morgan fingerprint density at radius 2 is 1.57 bits per heavy atom. The average molecular weight is 145 g/mol. The molecule has 0 fully saturated rings. The molecule has 0 aliphatic heterocycles. The van der Waals surface area contributed by atoms with E-state index < -0.39 is 11.2 Å². The second kappa shape index (κ2) is 3.89. The molecule has 0 atom stereocenters. The molecule has 0 aromatic heterocycles. The van der Waals surface area contributed by atoms with Crippen LogP contribution < -0.4 is 0 Å². The van der Waals surface area contributed by atoms with Crippen LogP contribution in [0.15, 0.2) is 0 Å². The van der Waals surface area contributed by atoms with Crippen LogP contribution in [0.2, 0.25) is 0 Å². The van der Waals surface area contributed by atoms with Crippen LogP contribution in [-0.2, 0) is 9.59 Å². The molecular weight excluding hydrogens is 143 g/mol. The molecule has 0 amide bonds. The fourth-order valence-electron chi connectivity index (χ4n) is 0. The van der Waals surface area contributed by atoms with Crippen molar-refractivity contribution >= 4 is 35.2 Å². The lowest BCUT2D eigenvalue weighted by atomic mass is 10.8. The highest BCUT2D eigenvalue weighted by Crippen LogP contribution is 1.74. The van der Waals surface area contributed by atoms with E-state index in [9.17, 15) is 9.59 Å². The van der Waals surface area contributed by atoms with Crippen molar-refractivity contribution in [2.75, 3.05) is 0 Å². The lowest BCUT2D eigenvalue weighted by molar-refractivity contribution is -0.145. The monoisotopic (exact) mass is 144 g/mol. The van der Waals surface area contributed by atoms with Gasteiger partial charge in [-0.15, -0.1) is 12.4 Å². The summed E-state index contributed by atoms with van der Waals surface area (Å²) in [6, 6.07) is 0. The van der Waals surface area contributed by atoms with E-state index in [4.69, 9.17) is 5.11 Å². The van der Waals surface area contributed by atoms with Crippen molar-refractivity contribution in [2.24, 2.45) is 0 Å². The third-order valence-corrected chi connectivity index (χ3v) is 0.330. The molecule has 0 bridgehead atoms. The van der Waals surface area contributed by atoms with Gasteiger partial charge in [-0.1, -0.05) is 0 Å². The summed E-state index contributed by atoms with van der Waals surface area (Å²) in [5, 5.41) is 6.16. The van der Waals surface area contributed by atoms with Crippen molar-refractivity contribution in [3.63, 3.8) is 0 Å². The van der Waals surface area contributed by atoms with E-state index in [1.807, 2.05) is 0 Å². The predicted octanol–water partition coefficient (Wildman–Crippen LogP) is 0.258. The second-order valence-corrected chi connectivity index (χ2v) is 0.922. The fraction of sp³-hybridized carbons (Fsp3) is 0. The van der Waals surface area contributed by atoms with Crippen LogP contribution in [-0.4, -0.2) is 16.3 Å². The molecule has 0 spiro atoms. The lowest BCUT2D eigenvalue weighted by Gasteiger charge is -1.70. The summed E-state index contributed by atoms with van der Waals surface area (Å²) in [5.74, 6) is -1.61. The molecule has 5 heteroatoms. The van der Waals surface area contributed by atoms with E-state index >= 15 is 0 Å². The molecule has 42 valence electrons. The first-order valence-corrected chi connectivity index (χ1v) is 1.45. The molecule has 0 radical (unpaired) electrons. The summed E-state index contributed by atoms with van der Waals surface area (Å²) >= 11 is 4.37. The number of hydrogen-bond donors (Lipinski definition) is 1. The number of carbonyl (C=O) groups is 2. The molecule has 7 heavy (non-hydrogen) atoms. The molecule has 0 heterocycles. The first-order valence-electron chi connectivity index (χ1n) is 1.07. The summed E-state index contributed by atoms with van der Waals surface area (Å²) in [5.41, 5.74) is 0. The van der Waals surface area contributed by atoms with Gasteiger partial charge in [0.15, 0.2) is 0 Å². The maximum absolute atomic E-state index is 9.31. The molecule has 0 aliphatic carbocycles. The van der Waals surface area contributed by atoms with Gasteiger partial charge in [0.1, 0.15) is 0 Å². The standard InChI is InChI=1S/C2HClO3.ClH/c3-1(4)2(5)6;/h(H,5,6);1H. The molecule has 0 rings (SSSR count). The molecule has 0 saturated heterocycles. The van der Waals surface area contributed by atoms with E-state index in [-0.39, 0.29) is 12.4 Å². The van der Waals surface area contributed by atoms with Gasteiger partial charge in [0.05, 0.1) is 0 Å². The van der Waals surface area contributed by atoms with Crippen LogP contribution in [0.5, 0.6) is 0 Å². The van der Waals surface area contributed by atoms with E-state index in [2.05, 4.69) is 11.6 Å². The van der Waals surface area contributed by atoms with Gasteiger partial charge < -0.3 is 5.11 Å². The first kappa shape index (κ1) is 9.87. The Morgan fingerprint density at radius 3 is 1.57 bits per heavy atom. The van der Waals surface area contributed by atoms with Crippen LogP contribution in [0.25, 0.3) is 0 Å². The Morgan fingerprint density at radius 1 is 1.43 bits per heavy atom. The van der Waals surface area contributed by atoms with Gasteiger partial charge in [0.2, 0.25) is 0 Å². The minimum Gasteiger partial charge on any atom is -0.475 e. The Balaban J connectivity index is 0. The van der Waals surface area contributed by atoms with Crippen molar-refractivity contribution in [2.45, 2.75) is 0 Å². The van der Waals surface area contributed by atoms with Gasteiger partial charge in [-0.3, -0.25) is 4.79 Å². The summed E-state index contributed by atoms with van der Waals surface area (Å²) in [4.78, 5) is 18.5. The smallest absolute Gasteiger partial charge is 0.388 e. The minimum absolute atomic E-state index is 0. The molecular formula is C2H2Cl2O3. The molecule has 0 unspecified atom stereocenters. The highest BCUT2D eigenvalue weighted by molar-refractivity contribution is 6.79. The van der Waals surface area contributed by atoms with Crippen molar-refractivity contribution in [1.29, 1.82) is 0 Å². The lowest BCUT2D eigenvalue weighted by Crippen LogP contribution is -2.02.